The molecule has 3 aromatic carbocycles. The number of nitrogens with zero attached hydrogens (tertiary/aromatic N) is 1. The first kappa shape index (κ1) is 23.6. The summed E-state index contributed by atoms with van der Waals surface area (Å²) in [4.78, 5) is 25.8. The molecule has 4 aromatic rings. The highest BCUT2D eigenvalue weighted by Gasteiger charge is 2.28. The number of oxazole rings is 1. The Morgan fingerprint density at radius 2 is 1.69 bits per heavy atom. The maximum atomic E-state index is 11.1. The van der Waals surface area contributed by atoms with Crippen LogP contribution < -0.4 is 4.89 Å². The van der Waals surface area contributed by atoms with Crippen LogP contribution in [0.3, 0.4) is 0 Å². The lowest BCUT2D eigenvalue weighted by Crippen LogP contribution is -2.19. The number of aliphatic hydroxyl groups excluding tert-OH is 1. The molecule has 2 atom stereocenters. The van der Waals surface area contributed by atoms with Crippen LogP contribution in [-0.2, 0) is 16.1 Å². The largest absolute Gasteiger partial charge is 0.436 e. The quantitative estimate of drug-likeness (QED) is 0.248. The Morgan fingerprint density at radius 3 is 2.42 bits per heavy atom. The van der Waals surface area contributed by atoms with Gasteiger partial charge in [0.25, 0.3) is 0 Å². The molecule has 6 heteroatoms. The second-order valence-corrected chi connectivity index (χ2v) is 8.90. The van der Waals surface area contributed by atoms with Crippen molar-refractivity contribution >= 4 is 11.5 Å². The van der Waals surface area contributed by atoms with Crippen molar-refractivity contribution in [1.29, 1.82) is 0 Å². The number of hydrogen-bond acceptors (Lipinski definition) is 6. The summed E-state index contributed by atoms with van der Waals surface area (Å²) in [5.74, 6) is 1.25. The molecule has 0 bridgehead atoms. The zero-order valence-corrected chi connectivity index (χ0v) is 20.0. The molecular weight excluding hydrogens is 454 g/mol. The molecule has 36 heavy (non-hydrogen) atoms. The summed E-state index contributed by atoms with van der Waals surface area (Å²) >= 11 is 0. The van der Waals surface area contributed by atoms with E-state index in [-0.39, 0.29) is 5.92 Å². The fourth-order valence-electron chi connectivity index (χ4n) is 4.55. The Hall–Kier alpha value is -4.16. The zero-order chi connectivity index (χ0) is 24.9. The minimum Gasteiger partial charge on any atom is -0.436 e. The Bertz CT molecular complexity index is 1300. The standard InChI is InChI=1S/C30H27NO5/c1-20(32)35-36-26-14-8-9-21(18-26)17-24-15-16-25(33)19-27(24)30-31-28(22-10-4-2-5-11-22)29(34-30)23-12-6-3-7-13-23/h2-14,18-19,24-25,33H,15-17H2,1H3/t24-,25?/m0/s1. The fraction of sp³-hybridized carbons (Fsp3) is 0.200. The topological polar surface area (TPSA) is 81.8 Å². The Balaban J connectivity index is 1.50. The summed E-state index contributed by atoms with van der Waals surface area (Å²) in [6.07, 6.45) is 3.45. The normalized spacial score (nSPS) is 17.3. The molecule has 0 saturated carbocycles. The predicted octanol–water partition coefficient (Wildman–Crippen LogP) is 6.26. The predicted molar refractivity (Wildman–Crippen MR) is 137 cm³/mol. The van der Waals surface area contributed by atoms with Gasteiger partial charge in [-0.3, -0.25) is 9.78 Å². The van der Waals surface area contributed by atoms with E-state index in [1.54, 1.807) is 6.07 Å². The molecule has 0 amide bonds. The van der Waals surface area contributed by atoms with E-state index in [4.69, 9.17) is 14.3 Å². The van der Waals surface area contributed by atoms with E-state index in [1.165, 1.54) is 6.92 Å². The molecule has 5 rings (SSSR count). The average Bonchev–Trinajstić information content (AvgIpc) is 3.35. The maximum absolute atomic E-state index is 11.1. The molecule has 1 heterocycles. The van der Waals surface area contributed by atoms with Gasteiger partial charge in [0.05, 0.1) is 6.10 Å². The first-order valence-corrected chi connectivity index (χ1v) is 12.0. The van der Waals surface area contributed by atoms with Gasteiger partial charge in [0.1, 0.15) is 5.69 Å². The van der Waals surface area contributed by atoms with E-state index in [0.717, 1.165) is 34.4 Å². The van der Waals surface area contributed by atoms with Crippen molar-refractivity contribution < 1.29 is 24.1 Å². The highest BCUT2D eigenvalue weighted by atomic mass is 17.2. The van der Waals surface area contributed by atoms with Gasteiger partial charge in [-0.15, -0.1) is 0 Å². The summed E-state index contributed by atoms with van der Waals surface area (Å²) in [7, 11) is 0. The molecule has 0 radical (unpaired) electrons. The van der Waals surface area contributed by atoms with Crippen LogP contribution in [0.15, 0.2) is 95.4 Å². The van der Waals surface area contributed by atoms with Gasteiger partial charge in [0, 0.05) is 23.6 Å². The van der Waals surface area contributed by atoms with Crippen LogP contribution >= 0.6 is 0 Å². The molecule has 0 aliphatic heterocycles. The Kier molecular flexibility index (Phi) is 6.96. The molecule has 182 valence electrons. The van der Waals surface area contributed by atoms with Gasteiger partial charge in [-0.1, -0.05) is 72.8 Å². The van der Waals surface area contributed by atoms with Gasteiger partial charge in [0.15, 0.2) is 11.5 Å². The summed E-state index contributed by atoms with van der Waals surface area (Å²) in [6.45, 7) is 1.29. The number of benzene rings is 3. The minimum atomic E-state index is -0.554. The highest BCUT2D eigenvalue weighted by molar-refractivity contribution is 5.79. The summed E-state index contributed by atoms with van der Waals surface area (Å²) in [6, 6.07) is 27.4. The number of rotatable bonds is 7. The van der Waals surface area contributed by atoms with Gasteiger partial charge in [-0.05, 0) is 49.0 Å². The molecular formula is C30H27NO5. The van der Waals surface area contributed by atoms with Crippen molar-refractivity contribution in [3.63, 3.8) is 0 Å². The van der Waals surface area contributed by atoms with E-state index < -0.39 is 12.1 Å². The van der Waals surface area contributed by atoms with Gasteiger partial charge >= 0.3 is 5.97 Å². The van der Waals surface area contributed by atoms with E-state index in [0.29, 0.717) is 30.2 Å². The van der Waals surface area contributed by atoms with Crippen molar-refractivity contribution in [1.82, 2.24) is 4.98 Å². The van der Waals surface area contributed by atoms with E-state index in [9.17, 15) is 9.90 Å². The molecule has 1 unspecified atom stereocenters. The van der Waals surface area contributed by atoms with Crippen molar-refractivity contribution in [2.45, 2.75) is 32.3 Å². The summed E-state index contributed by atoms with van der Waals surface area (Å²) in [5, 5.41) is 10.5. The smallest absolute Gasteiger partial charge is 0.352 e. The molecule has 0 fully saturated rings. The lowest BCUT2D eigenvalue weighted by molar-refractivity contribution is -0.210. The molecule has 1 aliphatic carbocycles. The molecule has 1 aromatic heterocycles. The molecule has 0 saturated heterocycles. The van der Waals surface area contributed by atoms with E-state index >= 15 is 0 Å². The van der Waals surface area contributed by atoms with Crippen molar-refractivity contribution in [2.75, 3.05) is 0 Å². The first-order valence-electron chi connectivity index (χ1n) is 12.0. The third-order valence-corrected chi connectivity index (χ3v) is 6.22. The van der Waals surface area contributed by atoms with Crippen molar-refractivity contribution in [3.8, 4) is 28.3 Å². The number of aliphatic hydroxyl groups is 1. The van der Waals surface area contributed by atoms with Crippen LogP contribution in [0.25, 0.3) is 28.2 Å². The summed E-state index contributed by atoms with van der Waals surface area (Å²) in [5.41, 5.74) is 4.59. The Morgan fingerprint density at radius 1 is 0.972 bits per heavy atom. The summed E-state index contributed by atoms with van der Waals surface area (Å²) < 4.78 is 6.43. The number of allylic oxidation sites excluding steroid dienone is 1. The first-order chi connectivity index (χ1) is 17.6. The highest BCUT2D eigenvalue weighted by Crippen LogP contribution is 2.40. The SMILES string of the molecule is CC(=O)OOc1cccc(C[C@@H]2CCC(O)C=C2c2nc(-c3ccccc3)c(-c3ccccc3)o2)c1. The van der Waals surface area contributed by atoms with Crippen molar-refractivity contribution in [2.24, 2.45) is 5.92 Å². The van der Waals surface area contributed by atoms with Gasteiger partial charge in [0.2, 0.25) is 5.89 Å². The molecule has 1 aliphatic rings. The van der Waals surface area contributed by atoms with Crippen LogP contribution in [0, 0.1) is 5.92 Å². The Labute approximate surface area is 209 Å². The van der Waals surface area contributed by atoms with Crippen molar-refractivity contribution in [3.05, 3.63) is 102 Å². The second-order valence-electron chi connectivity index (χ2n) is 8.90. The minimum absolute atomic E-state index is 0.0864. The number of hydrogen-bond donors (Lipinski definition) is 1. The number of carbonyl (C=O) groups excluding carboxylic acids is 1. The third kappa shape index (κ3) is 5.39. The molecule has 0 spiro atoms. The van der Waals surface area contributed by atoms with Crippen LogP contribution in [0.2, 0.25) is 0 Å². The lowest BCUT2D eigenvalue weighted by atomic mass is 9.82. The van der Waals surface area contributed by atoms with Crippen LogP contribution in [0.1, 0.15) is 31.2 Å². The third-order valence-electron chi connectivity index (χ3n) is 6.22. The van der Waals surface area contributed by atoms with Crippen LogP contribution in [-0.4, -0.2) is 22.2 Å². The molecule has 1 N–H and O–H groups in total. The van der Waals surface area contributed by atoms with Gasteiger partial charge in [-0.2, -0.15) is 0 Å². The molecule has 6 nitrogen and oxygen atoms in total. The fourth-order valence-corrected chi connectivity index (χ4v) is 4.55. The number of aromatic nitrogens is 1. The van der Waals surface area contributed by atoms with E-state index in [2.05, 4.69) is 4.89 Å². The average molecular weight is 482 g/mol. The van der Waals surface area contributed by atoms with Crippen LogP contribution in [0.5, 0.6) is 5.75 Å². The maximum Gasteiger partial charge on any atom is 0.352 e. The second kappa shape index (κ2) is 10.6. The van der Waals surface area contributed by atoms with Gasteiger partial charge in [-0.25, -0.2) is 9.78 Å². The van der Waals surface area contributed by atoms with Crippen LogP contribution in [0.4, 0.5) is 0 Å². The van der Waals surface area contributed by atoms with Gasteiger partial charge < -0.3 is 9.52 Å². The van der Waals surface area contributed by atoms with E-state index in [1.807, 2.05) is 84.9 Å². The monoisotopic (exact) mass is 481 g/mol. The zero-order valence-electron chi connectivity index (χ0n) is 20.0. The number of carbonyl (C=O) groups is 1. The lowest BCUT2D eigenvalue weighted by Gasteiger charge is -2.25.